The Balaban J connectivity index is 1.31. The highest BCUT2D eigenvalue weighted by atomic mass is 16.5. The van der Waals surface area contributed by atoms with Gasteiger partial charge in [0, 0.05) is 25.7 Å². The van der Waals surface area contributed by atoms with Crippen LogP contribution < -0.4 is 4.74 Å². The second-order valence-corrected chi connectivity index (χ2v) is 9.54. The van der Waals surface area contributed by atoms with Gasteiger partial charge in [-0.2, -0.15) is 0 Å². The fraction of sp³-hybridized carbons (Fsp3) is 0.556. The van der Waals surface area contributed by atoms with Crippen LogP contribution in [0.25, 0.3) is 0 Å². The third kappa shape index (κ3) is 5.34. The fourth-order valence-electron chi connectivity index (χ4n) is 4.99. The molecule has 2 aromatic rings. The molecule has 3 fully saturated rings. The first-order valence-corrected chi connectivity index (χ1v) is 12.1. The van der Waals surface area contributed by atoms with Crippen molar-refractivity contribution in [1.29, 1.82) is 0 Å². The van der Waals surface area contributed by atoms with E-state index in [0.29, 0.717) is 18.8 Å². The van der Waals surface area contributed by atoms with Crippen LogP contribution in [0.1, 0.15) is 72.8 Å². The molecule has 172 valence electrons. The van der Waals surface area contributed by atoms with Gasteiger partial charge in [-0.3, -0.25) is 0 Å². The van der Waals surface area contributed by atoms with Gasteiger partial charge in [0.15, 0.2) is 0 Å². The largest absolute Gasteiger partial charge is 0.490 e. The number of hydrogen-bond donors (Lipinski definition) is 2. The van der Waals surface area contributed by atoms with Gasteiger partial charge in [0.25, 0.3) is 0 Å². The molecule has 0 spiro atoms. The molecule has 0 amide bonds. The molecule has 1 saturated carbocycles. The minimum atomic E-state index is -0.430. The summed E-state index contributed by atoms with van der Waals surface area (Å²) in [6.45, 7) is 1.51. The van der Waals surface area contributed by atoms with Crippen LogP contribution in [0, 0.1) is 0 Å². The first-order valence-electron chi connectivity index (χ1n) is 12.1. The molecule has 2 aromatic carbocycles. The Bertz CT molecular complexity index is 885. The number of rotatable bonds is 7. The van der Waals surface area contributed by atoms with Gasteiger partial charge >= 0.3 is 0 Å². The van der Waals surface area contributed by atoms with Crippen LogP contribution in [0.3, 0.4) is 0 Å². The third-order valence-electron chi connectivity index (χ3n) is 6.93. The van der Waals surface area contributed by atoms with Crippen molar-refractivity contribution in [1.82, 2.24) is 0 Å². The summed E-state index contributed by atoms with van der Waals surface area (Å²) in [4.78, 5) is 0. The Labute approximate surface area is 190 Å². The molecule has 5 rings (SSSR count). The molecule has 32 heavy (non-hydrogen) atoms. The molecule has 2 N–H and O–H groups in total. The Kier molecular flexibility index (Phi) is 6.79. The van der Waals surface area contributed by atoms with Crippen LogP contribution in [-0.4, -0.2) is 48.3 Å². The number of aliphatic hydroxyl groups excluding tert-OH is 2. The molecule has 2 saturated heterocycles. The summed E-state index contributed by atoms with van der Waals surface area (Å²) in [7, 11) is 0. The van der Waals surface area contributed by atoms with Crippen molar-refractivity contribution in [3.8, 4) is 5.75 Å². The normalized spacial score (nSPS) is 26.8. The van der Waals surface area contributed by atoms with Crippen molar-refractivity contribution in [2.75, 3.05) is 19.8 Å². The van der Waals surface area contributed by atoms with Crippen molar-refractivity contribution in [2.24, 2.45) is 0 Å². The van der Waals surface area contributed by atoms with Gasteiger partial charge in [-0.1, -0.05) is 30.3 Å². The molecule has 0 aromatic heterocycles. The van der Waals surface area contributed by atoms with Gasteiger partial charge in [0.05, 0.1) is 38.1 Å². The van der Waals surface area contributed by atoms with E-state index >= 15 is 0 Å². The summed E-state index contributed by atoms with van der Waals surface area (Å²) >= 11 is 0. The zero-order valence-electron chi connectivity index (χ0n) is 18.6. The van der Waals surface area contributed by atoms with Crippen molar-refractivity contribution >= 4 is 0 Å². The molecule has 2 aliphatic heterocycles. The Morgan fingerprint density at radius 2 is 1.72 bits per heavy atom. The van der Waals surface area contributed by atoms with E-state index in [-0.39, 0.29) is 24.9 Å². The zero-order chi connectivity index (χ0) is 21.9. The average molecular weight is 439 g/mol. The first-order chi connectivity index (χ1) is 15.7. The van der Waals surface area contributed by atoms with Crippen LogP contribution in [0.4, 0.5) is 0 Å². The SMILES string of the molecule is OC[C@@H]1CC(O)C[C@H](c2ccc(C3CC3)c(Cc3ccc(OC4CCOCC4)cc3)c2)O1. The van der Waals surface area contributed by atoms with Crippen molar-refractivity contribution in [3.63, 3.8) is 0 Å². The first kappa shape index (κ1) is 21.9. The summed E-state index contributed by atoms with van der Waals surface area (Å²) in [5.74, 6) is 1.59. The van der Waals surface area contributed by atoms with Gasteiger partial charge in [-0.15, -0.1) is 0 Å². The summed E-state index contributed by atoms with van der Waals surface area (Å²) in [5, 5.41) is 19.8. The summed E-state index contributed by atoms with van der Waals surface area (Å²) in [5.41, 5.74) is 5.14. The van der Waals surface area contributed by atoms with Gasteiger partial charge in [0.1, 0.15) is 11.9 Å². The number of ether oxygens (including phenoxy) is 3. The summed E-state index contributed by atoms with van der Waals surface area (Å²) in [6.07, 6.45) is 5.74. The quantitative estimate of drug-likeness (QED) is 0.675. The maximum absolute atomic E-state index is 10.2. The van der Waals surface area contributed by atoms with Crippen LogP contribution in [0.15, 0.2) is 42.5 Å². The molecule has 3 aliphatic rings. The minimum absolute atomic E-state index is 0.0527. The van der Waals surface area contributed by atoms with E-state index in [1.165, 1.54) is 29.5 Å². The van der Waals surface area contributed by atoms with Crippen LogP contribution in [0.2, 0.25) is 0 Å². The molecule has 5 heteroatoms. The lowest BCUT2D eigenvalue weighted by molar-refractivity contribution is -0.113. The van der Waals surface area contributed by atoms with E-state index in [1.54, 1.807) is 0 Å². The fourth-order valence-corrected chi connectivity index (χ4v) is 4.99. The van der Waals surface area contributed by atoms with E-state index < -0.39 is 6.10 Å². The Morgan fingerprint density at radius 1 is 0.938 bits per heavy atom. The predicted octanol–water partition coefficient (Wildman–Crippen LogP) is 4.29. The van der Waals surface area contributed by atoms with Gasteiger partial charge in [-0.25, -0.2) is 0 Å². The van der Waals surface area contributed by atoms with Crippen LogP contribution in [0.5, 0.6) is 5.75 Å². The van der Waals surface area contributed by atoms with Gasteiger partial charge in [0.2, 0.25) is 0 Å². The molecule has 5 nitrogen and oxygen atoms in total. The second kappa shape index (κ2) is 9.92. The molecule has 2 heterocycles. The van der Waals surface area contributed by atoms with E-state index in [1.807, 2.05) is 0 Å². The molecule has 0 radical (unpaired) electrons. The maximum Gasteiger partial charge on any atom is 0.119 e. The van der Waals surface area contributed by atoms with E-state index in [2.05, 4.69) is 42.5 Å². The van der Waals surface area contributed by atoms with Gasteiger partial charge in [-0.05, 0) is 59.6 Å². The molecule has 0 bridgehead atoms. The summed E-state index contributed by atoms with van der Waals surface area (Å²) < 4.78 is 17.6. The molecule has 1 aliphatic carbocycles. The Hall–Kier alpha value is -1.92. The highest BCUT2D eigenvalue weighted by Gasteiger charge is 2.31. The lowest BCUT2D eigenvalue weighted by atomic mass is 9.90. The molecular formula is C27H34O5. The lowest BCUT2D eigenvalue weighted by Gasteiger charge is -2.33. The van der Waals surface area contributed by atoms with E-state index in [0.717, 1.165) is 43.8 Å². The van der Waals surface area contributed by atoms with E-state index in [9.17, 15) is 10.2 Å². The van der Waals surface area contributed by atoms with Crippen LogP contribution in [-0.2, 0) is 15.9 Å². The monoisotopic (exact) mass is 438 g/mol. The second-order valence-electron chi connectivity index (χ2n) is 9.54. The van der Waals surface area contributed by atoms with Gasteiger partial charge < -0.3 is 24.4 Å². The number of hydrogen-bond acceptors (Lipinski definition) is 5. The number of benzene rings is 2. The Morgan fingerprint density at radius 3 is 2.44 bits per heavy atom. The average Bonchev–Trinajstić information content (AvgIpc) is 3.66. The standard InChI is InChI=1S/C27H34O5/c28-17-25-15-22(29)16-27(32-25)20-5-8-26(19-3-4-19)21(14-20)13-18-1-6-23(7-2-18)31-24-9-11-30-12-10-24/h1-2,5-8,14,19,22,24-25,27-29H,3-4,9-13,15-17H2/t22?,25-,27+/m0/s1. The summed E-state index contributed by atoms with van der Waals surface area (Å²) in [6, 6.07) is 15.2. The van der Waals surface area contributed by atoms with Crippen molar-refractivity contribution < 1.29 is 24.4 Å². The highest BCUT2D eigenvalue weighted by Crippen LogP contribution is 2.43. The topological polar surface area (TPSA) is 68.2 Å². The molecule has 3 atom stereocenters. The molecular weight excluding hydrogens is 404 g/mol. The van der Waals surface area contributed by atoms with Crippen molar-refractivity contribution in [2.45, 2.75) is 75.3 Å². The maximum atomic E-state index is 10.2. The van der Waals surface area contributed by atoms with Crippen LogP contribution >= 0.6 is 0 Å². The minimum Gasteiger partial charge on any atom is -0.490 e. The zero-order valence-corrected chi connectivity index (χ0v) is 18.6. The smallest absolute Gasteiger partial charge is 0.119 e. The highest BCUT2D eigenvalue weighted by molar-refractivity contribution is 5.41. The lowest BCUT2D eigenvalue weighted by Crippen LogP contribution is -2.33. The number of aliphatic hydroxyl groups is 2. The van der Waals surface area contributed by atoms with Crippen molar-refractivity contribution in [3.05, 3.63) is 64.7 Å². The predicted molar refractivity (Wildman–Crippen MR) is 122 cm³/mol. The third-order valence-corrected chi connectivity index (χ3v) is 6.93. The van der Waals surface area contributed by atoms with E-state index in [4.69, 9.17) is 14.2 Å². The molecule has 1 unspecified atom stereocenters.